The standard InChI is InChI=1S/C27H28F3N5O3S/c1-16-14-33(21(15-36)22-5-4-12-39-22)10-11-34(16)26(37)20-13-31-35-24(27(28,29)30)17(2)23(32-25(20)35)18-6-8-19(38-3)9-7-18/h4-9,12-13,16,21,36H,10-11,14-15H2,1-3H3/t16-,21+/m1/s1. The number of amides is 1. The number of ether oxygens (including phenoxy) is 1. The minimum absolute atomic E-state index is 0.00697. The van der Waals surface area contributed by atoms with Crippen molar-refractivity contribution in [1.82, 2.24) is 24.4 Å². The molecular weight excluding hydrogens is 531 g/mol. The number of benzene rings is 1. The number of aliphatic hydroxyl groups is 1. The molecule has 206 valence electrons. The largest absolute Gasteiger partial charge is 0.497 e. The monoisotopic (exact) mass is 559 g/mol. The highest BCUT2D eigenvalue weighted by atomic mass is 32.1. The number of halogens is 3. The minimum atomic E-state index is -4.72. The maximum absolute atomic E-state index is 14.3. The van der Waals surface area contributed by atoms with Gasteiger partial charge in [0, 0.05) is 41.7 Å². The highest BCUT2D eigenvalue weighted by molar-refractivity contribution is 7.10. The van der Waals surface area contributed by atoms with Crippen LogP contribution in [0.5, 0.6) is 5.75 Å². The van der Waals surface area contributed by atoms with Crippen LogP contribution in [0.3, 0.4) is 0 Å². The molecule has 1 saturated heterocycles. The number of fused-ring (bicyclic) bond motifs is 1. The number of piperazine rings is 1. The molecular formula is C27H28F3N5O3S. The zero-order chi connectivity index (χ0) is 27.9. The van der Waals surface area contributed by atoms with Gasteiger partial charge in [0.25, 0.3) is 5.91 Å². The summed E-state index contributed by atoms with van der Waals surface area (Å²) in [4.78, 5) is 23.0. The molecule has 2 atom stereocenters. The van der Waals surface area contributed by atoms with Crippen LogP contribution in [-0.2, 0) is 6.18 Å². The molecule has 1 aliphatic heterocycles. The Morgan fingerprint density at radius 2 is 1.97 bits per heavy atom. The minimum Gasteiger partial charge on any atom is -0.497 e. The fourth-order valence-electron chi connectivity index (χ4n) is 5.18. The molecule has 0 unspecified atom stereocenters. The third-order valence-corrected chi connectivity index (χ3v) is 8.12. The molecule has 1 fully saturated rings. The van der Waals surface area contributed by atoms with Gasteiger partial charge in [-0.3, -0.25) is 9.69 Å². The van der Waals surface area contributed by atoms with Gasteiger partial charge in [-0.2, -0.15) is 18.3 Å². The van der Waals surface area contributed by atoms with Crippen LogP contribution in [0.25, 0.3) is 16.9 Å². The molecule has 1 aromatic carbocycles. The number of aliphatic hydroxyl groups excluding tert-OH is 1. The molecule has 0 bridgehead atoms. The highest BCUT2D eigenvalue weighted by Gasteiger charge is 2.39. The van der Waals surface area contributed by atoms with E-state index in [1.807, 2.05) is 24.4 Å². The summed E-state index contributed by atoms with van der Waals surface area (Å²) in [6.07, 6.45) is -3.56. The number of methoxy groups -OCH3 is 1. The lowest BCUT2D eigenvalue weighted by Gasteiger charge is -2.42. The Balaban J connectivity index is 1.50. The average molecular weight is 560 g/mol. The molecule has 39 heavy (non-hydrogen) atoms. The summed E-state index contributed by atoms with van der Waals surface area (Å²) in [5.41, 5.74) is -0.624. The van der Waals surface area contributed by atoms with Crippen LogP contribution in [0.15, 0.2) is 48.0 Å². The molecule has 0 radical (unpaired) electrons. The fraction of sp³-hybridized carbons (Fsp3) is 0.370. The summed E-state index contributed by atoms with van der Waals surface area (Å²) in [6, 6.07) is 10.0. The van der Waals surface area contributed by atoms with E-state index in [4.69, 9.17) is 4.74 Å². The van der Waals surface area contributed by atoms with Crippen molar-refractivity contribution in [2.45, 2.75) is 32.1 Å². The lowest BCUT2D eigenvalue weighted by Crippen LogP contribution is -2.55. The van der Waals surface area contributed by atoms with E-state index >= 15 is 0 Å². The van der Waals surface area contributed by atoms with Gasteiger partial charge in [0.15, 0.2) is 11.3 Å². The molecule has 3 aromatic heterocycles. The second-order valence-electron chi connectivity index (χ2n) is 9.51. The molecule has 4 heterocycles. The number of carbonyl (C=O) groups excluding carboxylic acids is 1. The first kappa shape index (κ1) is 27.1. The van der Waals surface area contributed by atoms with E-state index in [1.54, 1.807) is 40.5 Å². The Hall–Kier alpha value is -3.48. The lowest BCUT2D eigenvalue weighted by molar-refractivity contribution is -0.143. The van der Waals surface area contributed by atoms with Gasteiger partial charge < -0.3 is 14.7 Å². The van der Waals surface area contributed by atoms with Gasteiger partial charge in [-0.15, -0.1) is 11.3 Å². The number of nitrogens with zero attached hydrogens (tertiary/aromatic N) is 5. The summed E-state index contributed by atoms with van der Waals surface area (Å²) in [5, 5.41) is 15.9. The summed E-state index contributed by atoms with van der Waals surface area (Å²) in [7, 11) is 1.50. The highest BCUT2D eigenvalue weighted by Crippen LogP contribution is 2.37. The van der Waals surface area contributed by atoms with Crippen molar-refractivity contribution in [1.29, 1.82) is 0 Å². The smallest absolute Gasteiger partial charge is 0.433 e. The zero-order valence-electron chi connectivity index (χ0n) is 21.6. The summed E-state index contributed by atoms with van der Waals surface area (Å²) >= 11 is 1.56. The predicted molar refractivity (Wildman–Crippen MR) is 141 cm³/mol. The third-order valence-electron chi connectivity index (χ3n) is 7.15. The quantitative estimate of drug-likeness (QED) is 0.370. The summed E-state index contributed by atoms with van der Waals surface area (Å²) in [6.45, 7) is 4.56. The number of alkyl halides is 3. The van der Waals surface area contributed by atoms with E-state index in [0.717, 1.165) is 9.39 Å². The molecule has 0 aliphatic carbocycles. The number of hydrogen-bond acceptors (Lipinski definition) is 7. The van der Waals surface area contributed by atoms with Crippen LogP contribution < -0.4 is 4.74 Å². The first-order chi connectivity index (χ1) is 18.6. The molecule has 4 aromatic rings. The maximum Gasteiger partial charge on any atom is 0.433 e. The number of thiophene rings is 1. The van der Waals surface area contributed by atoms with Gasteiger partial charge in [0.05, 0.1) is 31.6 Å². The van der Waals surface area contributed by atoms with Crippen LogP contribution in [0.2, 0.25) is 0 Å². The Bertz CT molecular complexity index is 1470. The molecule has 1 aliphatic rings. The van der Waals surface area contributed by atoms with E-state index < -0.39 is 17.8 Å². The van der Waals surface area contributed by atoms with Gasteiger partial charge >= 0.3 is 6.18 Å². The molecule has 0 saturated carbocycles. The number of hydrogen-bond donors (Lipinski definition) is 1. The van der Waals surface area contributed by atoms with E-state index in [1.165, 1.54) is 20.2 Å². The molecule has 8 nitrogen and oxygen atoms in total. The predicted octanol–water partition coefficient (Wildman–Crippen LogP) is 4.67. The number of rotatable bonds is 6. The topological polar surface area (TPSA) is 83.2 Å². The summed E-state index contributed by atoms with van der Waals surface area (Å²) < 4.78 is 48.7. The summed E-state index contributed by atoms with van der Waals surface area (Å²) in [5.74, 6) is 0.128. The van der Waals surface area contributed by atoms with Crippen LogP contribution in [0.1, 0.15) is 39.5 Å². The van der Waals surface area contributed by atoms with Gasteiger partial charge in [-0.25, -0.2) is 9.50 Å². The number of carbonyl (C=O) groups is 1. The normalized spacial score (nSPS) is 17.5. The first-order valence-corrected chi connectivity index (χ1v) is 13.3. The van der Waals surface area contributed by atoms with Crippen LogP contribution in [0.4, 0.5) is 13.2 Å². The Labute approximate surface area is 227 Å². The molecule has 12 heteroatoms. The van der Waals surface area contributed by atoms with E-state index in [0.29, 0.717) is 30.9 Å². The lowest BCUT2D eigenvalue weighted by atomic mass is 10.0. The Morgan fingerprint density at radius 1 is 1.23 bits per heavy atom. The maximum atomic E-state index is 14.3. The SMILES string of the molecule is COc1ccc(-c2nc3c(C(=O)N4CCN([C@@H](CO)c5cccs5)C[C@H]4C)cnn3c(C(F)(F)F)c2C)cc1. The van der Waals surface area contributed by atoms with Crippen LogP contribution in [0, 0.1) is 6.92 Å². The zero-order valence-corrected chi connectivity index (χ0v) is 22.5. The number of aromatic nitrogens is 3. The van der Waals surface area contributed by atoms with Crippen molar-refractivity contribution >= 4 is 22.9 Å². The van der Waals surface area contributed by atoms with Crippen molar-refractivity contribution < 1.29 is 27.8 Å². The second-order valence-corrected chi connectivity index (χ2v) is 10.5. The van der Waals surface area contributed by atoms with E-state index in [2.05, 4.69) is 15.0 Å². The van der Waals surface area contributed by atoms with Gasteiger partial charge in [0.1, 0.15) is 11.3 Å². The van der Waals surface area contributed by atoms with Crippen molar-refractivity contribution in [3.8, 4) is 17.0 Å². The second kappa shape index (κ2) is 10.6. The third kappa shape index (κ3) is 4.99. The van der Waals surface area contributed by atoms with Crippen LogP contribution in [-0.4, -0.2) is 74.8 Å². The Morgan fingerprint density at radius 3 is 2.56 bits per heavy atom. The molecule has 5 rings (SSSR count). The first-order valence-electron chi connectivity index (χ1n) is 12.4. The van der Waals surface area contributed by atoms with Crippen LogP contribution >= 0.6 is 11.3 Å². The van der Waals surface area contributed by atoms with Crippen molar-refractivity contribution in [2.24, 2.45) is 0 Å². The van der Waals surface area contributed by atoms with Crippen molar-refractivity contribution in [3.63, 3.8) is 0 Å². The fourth-order valence-corrected chi connectivity index (χ4v) is 6.03. The molecule has 0 spiro atoms. The van der Waals surface area contributed by atoms with Gasteiger partial charge in [0.2, 0.25) is 0 Å². The Kier molecular flexibility index (Phi) is 7.36. The molecule has 1 N–H and O–H groups in total. The van der Waals surface area contributed by atoms with E-state index in [9.17, 15) is 23.1 Å². The van der Waals surface area contributed by atoms with Crippen molar-refractivity contribution in [3.05, 3.63) is 69.7 Å². The van der Waals surface area contributed by atoms with Gasteiger partial charge in [-0.05, 0) is 49.6 Å². The average Bonchev–Trinajstić information content (AvgIpc) is 3.58. The van der Waals surface area contributed by atoms with E-state index in [-0.39, 0.29) is 41.2 Å². The van der Waals surface area contributed by atoms with Crippen molar-refractivity contribution in [2.75, 3.05) is 33.4 Å². The molecule has 1 amide bonds. The van der Waals surface area contributed by atoms with Gasteiger partial charge in [-0.1, -0.05) is 6.07 Å².